The minimum Gasteiger partial charge on any atom is -0.496 e. The summed E-state index contributed by atoms with van der Waals surface area (Å²) in [7, 11) is 1.46. The zero-order valence-corrected chi connectivity index (χ0v) is 46.5. The molecule has 2 aliphatic rings. The van der Waals surface area contributed by atoms with E-state index in [-0.39, 0.29) is 73.3 Å². The number of ether oxygens (including phenoxy) is 6. The SMILES string of the molecule is COc1ccc(OCCCNC(=O)CCCC(=O)NCCCOCCOCCOCCCNC(=O)CCCC[C@@H]2SC[C@@H]3NC(=O)N[C@@H]32)cc1C(=O)N[C@@H](CCCNC(=O)OC(C)(C)C)c1ncc(-c2cccc(Cl)c2)o1. The van der Waals surface area contributed by atoms with Gasteiger partial charge in [0, 0.05) is 80.2 Å². The number of methoxy groups -OCH3 is 1. The lowest BCUT2D eigenvalue weighted by atomic mass is 10.0. The highest BCUT2D eigenvalue weighted by Gasteiger charge is 2.42. The molecule has 3 aromatic rings. The smallest absolute Gasteiger partial charge is 0.407 e. The second-order valence-electron chi connectivity index (χ2n) is 19.5. The van der Waals surface area contributed by atoms with Gasteiger partial charge >= 0.3 is 12.1 Å². The quantitative estimate of drug-likeness (QED) is 0.0236. The molecular formula is C54H79ClN8O13S. The van der Waals surface area contributed by atoms with Crippen molar-refractivity contribution >= 4 is 59.1 Å². The fourth-order valence-corrected chi connectivity index (χ4v) is 10.0. The Balaban J connectivity index is 0.848. The number of oxazole rings is 1. The minimum absolute atomic E-state index is 0.0535. The number of fused-ring (bicyclic) bond motifs is 1. The number of thioether (sulfide) groups is 1. The number of alkyl carbamates (subject to hydrolysis) is 1. The van der Waals surface area contributed by atoms with Crippen molar-refractivity contribution in [3.63, 3.8) is 0 Å². The highest BCUT2D eigenvalue weighted by molar-refractivity contribution is 8.00. The average molecular weight is 1120 g/mol. The van der Waals surface area contributed by atoms with Crippen molar-refractivity contribution in [1.82, 2.24) is 42.2 Å². The molecule has 7 N–H and O–H groups in total. The highest BCUT2D eigenvalue weighted by Crippen LogP contribution is 2.33. The molecule has 2 fully saturated rings. The zero-order chi connectivity index (χ0) is 55.3. The van der Waals surface area contributed by atoms with Crippen LogP contribution in [-0.4, -0.2) is 149 Å². The molecule has 2 saturated heterocycles. The van der Waals surface area contributed by atoms with Gasteiger partial charge in [-0.2, -0.15) is 11.8 Å². The van der Waals surface area contributed by atoms with Gasteiger partial charge < -0.3 is 70.1 Å². The number of halogens is 1. The van der Waals surface area contributed by atoms with Crippen LogP contribution in [0.1, 0.15) is 120 Å². The van der Waals surface area contributed by atoms with Gasteiger partial charge in [-0.15, -0.1) is 0 Å². The molecule has 0 unspecified atom stereocenters. The predicted octanol–water partition coefficient (Wildman–Crippen LogP) is 6.62. The second-order valence-corrected chi connectivity index (χ2v) is 21.3. The Morgan fingerprint density at radius 3 is 2.05 bits per heavy atom. The number of carbonyl (C=O) groups is 6. The summed E-state index contributed by atoms with van der Waals surface area (Å²) in [5.41, 5.74) is 0.296. The Kier molecular flexibility index (Phi) is 27.5. The summed E-state index contributed by atoms with van der Waals surface area (Å²) < 4.78 is 39.6. The Morgan fingerprint density at radius 1 is 0.766 bits per heavy atom. The van der Waals surface area contributed by atoms with Crippen LogP contribution in [0.4, 0.5) is 9.59 Å². The van der Waals surface area contributed by atoms with E-state index in [0.717, 1.165) is 37.0 Å². The number of hydrogen-bond donors (Lipinski definition) is 7. The molecule has 2 aromatic carbocycles. The topological polar surface area (TPSA) is 268 Å². The second kappa shape index (κ2) is 34.2. The van der Waals surface area contributed by atoms with Gasteiger partial charge in [-0.3, -0.25) is 19.2 Å². The summed E-state index contributed by atoms with van der Waals surface area (Å²) in [6.45, 7) is 10.0. The molecule has 0 aliphatic carbocycles. The lowest BCUT2D eigenvalue weighted by molar-refractivity contribution is -0.123. The monoisotopic (exact) mass is 1110 g/mol. The van der Waals surface area contributed by atoms with Gasteiger partial charge in [0.2, 0.25) is 23.6 Å². The van der Waals surface area contributed by atoms with Gasteiger partial charge in [-0.05, 0) is 102 Å². The van der Waals surface area contributed by atoms with Gasteiger partial charge in [0.25, 0.3) is 5.91 Å². The van der Waals surface area contributed by atoms with Crippen LogP contribution in [-0.2, 0) is 33.3 Å². The maximum atomic E-state index is 13.9. The minimum atomic E-state index is -0.683. The van der Waals surface area contributed by atoms with Crippen LogP contribution in [0.15, 0.2) is 53.1 Å². The molecule has 1 aromatic heterocycles. The summed E-state index contributed by atoms with van der Waals surface area (Å²) in [6.07, 6.45) is 7.85. The highest BCUT2D eigenvalue weighted by atomic mass is 35.5. The van der Waals surface area contributed by atoms with Crippen LogP contribution in [0.25, 0.3) is 11.3 Å². The van der Waals surface area contributed by atoms with E-state index in [2.05, 4.69) is 42.2 Å². The zero-order valence-electron chi connectivity index (χ0n) is 44.9. The number of benzene rings is 2. The Labute approximate surface area is 461 Å². The van der Waals surface area contributed by atoms with Crippen molar-refractivity contribution in [2.45, 2.75) is 127 Å². The molecule has 7 amide bonds. The van der Waals surface area contributed by atoms with E-state index < -0.39 is 23.6 Å². The molecule has 3 heterocycles. The van der Waals surface area contributed by atoms with Gasteiger partial charge in [0.1, 0.15) is 23.1 Å². The number of aromatic nitrogens is 1. The first-order valence-electron chi connectivity index (χ1n) is 26.7. The molecule has 2 aliphatic heterocycles. The lowest BCUT2D eigenvalue weighted by Crippen LogP contribution is -2.36. The van der Waals surface area contributed by atoms with Crippen LogP contribution in [0.2, 0.25) is 5.02 Å². The number of hydrogen-bond acceptors (Lipinski definition) is 15. The third kappa shape index (κ3) is 24.2. The number of unbranched alkanes of at least 4 members (excludes halogenated alkanes) is 1. The van der Waals surface area contributed by atoms with E-state index in [0.29, 0.717) is 125 Å². The lowest BCUT2D eigenvalue weighted by Gasteiger charge is -2.20. The Bertz CT molecular complexity index is 2320. The third-order valence-electron chi connectivity index (χ3n) is 12.1. The molecule has 21 nitrogen and oxygen atoms in total. The van der Waals surface area contributed by atoms with Crippen LogP contribution in [0.5, 0.6) is 11.5 Å². The molecule has 5 rings (SSSR count). The molecule has 77 heavy (non-hydrogen) atoms. The average Bonchev–Trinajstić information content (AvgIpc) is 4.14. The molecule has 0 radical (unpaired) electrons. The van der Waals surface area contributed by atoms with E-state index in [1.54, 1.807) is 63.4 Å². The largest absolute Gasteiger partial charge is 0.496 e. The molecule has 4 atom stereocenters. The van der Waals surface area contributed by atoms with E-state index in [9.17, 15) is 28.8 Å². The van der Waals surface area contributed by atoms with E-state index in [4.69, 9.17) is 44.4 Å². The normalized spacial score (nSPS) is 16.1. The van der Waals surface area contributed by atoms with E-state index >= 15 is 0 Å². The number of urea groups is 1. The maximum Gasteiger partial charge on any atom is 0.407 e. The molecular weight excluding hydrogens is 1040 g/mol. The number of amides is 7. The first-order valence-corrected chi connectivity index (χ1v) is 28.1. The summed E-state index contributed by atoms with van der Waals surface area (Å²) in [6, 6.07) is 11.7. The molecule has 0 bridgehead atoms. The number of rotatable bonds is 37. The number of nitrogens with zero attached hydrogens (tertiary/aromatic N) is 1. The van der Waals surface area contributed by atoms with Gasteiger partial charge in [0.05, 0.1) is 64.0 Å². The van der Waals surface area contributed by atoms with Gasteiger partial charge in [0.15, 0.2) is 5.76 Å². The number of nitrogens with one attached hydrogen (secondary N) is 7. The maximum absolute atomic E-state index is 13.9. The molecule has 426 valence electrons. The third-order valence-corrected chi connectivity index (χ3v) is 13.9. The van der Waals surface area contributed by atoms with Crippen molar-refractivity contribution in [1.29, 1.82) is 0 Å². The van der Waals surface area contributed by atoms with Crippen molar-refractivity contribution in [3.05, 3.63) is 65.1 Å². The van der Waals surface area contributed by atoms with Crippen molar-refractivity contribution in [3.8, 4) is 22.8 Å². The van der Waals surface area contributed by atoms with Crippen LogP contribution >= 0.6 is 23.4 Å². The van der Waals surface area contributed by atoms with E-state index in [1.165, 1.54) is 7.11 Å². The Morgan fingerprint density at radius 2 is 1.40 bits per heavy atom. The number of carbonyl (C=O) groups excluding carboxylic acids is 6. The molecule has 0 saturated carbocycles. The van der Waals surface area contributed by atoms with Crippen molar-refractivity contribution in [2.75, 3.05) is 85.3 Å². The Hall–Kier alpha value is -5.81. The summed E-state index contributed by atoms with van der Waals surface area (Å²) >= 11 is 8.10. The van der Waals surface area contributed by atoms with Gasteiger partial charge in [-0.25, -0.2) is 14.6 Å². The van der Waals surface area contributed by atoms with Crippen molar-refractivity contribution in [2.24, 2.45) is 0 Å². The molecule has 23 heteroatoms. The van der Waals surface area contributed by atoms with Gasteiger partial charge in [-0.1, -0.05) is 30.2 Å². The molecule has 0 spiro atoms. The summed E-state index contributed by atoms with van der Waals surface area (Å²) in [4.78, 5) is 79.0. The fraction of sp³-hybridized carbons (Fsp3) is 0.611. The van der Waals surface area contributed by atoms with Crippen LogP contribution in [0.3, 0.4) is 0 Å². The first-order chi connectivity index (χ1) is 37.2. The summed E-state index contributed by atoms with van der Waals surface area (Å²) in [5, 5.41) is 21.3. The van der Waals surface area contributed by atoms with Crippen LogP contribution in [0, 0.1) is 0 Å². The van der Waals surface area contributed by atoms with Crippen molar-refractivity contribution < 1.29 is 61.6 Å². The first kappa shape index (κ1) is 62.0. The fourth-order valence-electron chi connectivity index (χ4n) is 8.27. The van der Waals surface area contributed by atoms with Crippen LogP contribution < -0.4 is 46.7 Å². The predicted molar refractivity (Wildman–Crippen MR) is 292 cm³/mol. The van der Waals surface area contributed by atoms with E-state index in [1.807, 2.05) is 17.8 Å². The summed E-state index contributed by atoms with van der Waals surface area (Å²) in [5.74, 6) is 1.73. The standard InChI is InChI=1S/C54H79ClN8O13S/c1-54(2,3)76-53(69)59-22-9-15-41(51-60-35-44(75-51)37-13-7-14-38(55)33-37)61-50(67)40-34-39(20-21-43(40)70-4)74-28-12-25-58-48(66)19-8-18-47(65)57-24-11-27-72-30-32-73-31-29-71-26-10-23-56-46(64)17-6-5-16-45-49-42(36-77-45)62-52(68)63-49/h7,13-14,20-21,33-35,41-42,45,49H,5-6,8-12,15-19,22-32,36H2,1-4H3,(H,56,64)(H,57,65)(H,58,66)(H,59,69)(H,61,67)(H2,62,63,68)/t41-,42-,45-,49-/m0/s1.